The zero-order chi connectivity index (χ0) is 19.0. The predicted molar refractivity (Wildman–Crippen MR) is 98.2 cm³/mol. The first-order chi connectivity index (χ1) is 13.0. The number of carbonyl (C=O) groups excluding carboxylic acids is 1. The van der Waals surface area contributed by atoms with E-state index in [9.17, 15) is 9.90 Å². The number of carbonyl (C=O) groups is 1. The summed E-state index contributed by atoms with van der Waals surface area (Å²) in [5, 5.41) is 11.5. The minimum Gasteiger partial charge on any atom is -0.461 e. The van der Waals surface area contributed by atoms with Gasteiger partial charge in [0.1, 0.15) is 11.8 Å². The second kappa shape index (κ2) is 6.59. The number of hydrogen-bond donors (Lipinski definition) is 1. The van der Waals surface area contributed by atoms with Crippen LogP contribution >= 0.6 is 0 Å². The summed E-state index contributed by atoms with van der Waals surface area (Å²) in [5.74, 6) is -2.20. The van der Waals surface area contributed by atoms with Gasteiger partial charge in [-0.05, 0) is 36.6 Å². The molecule has 4 rings (SSSR count). The zero-order valence-electron chi connectivity index (χ0n) is 15.2. The summed E-state index contributed by atoms with van der Waals surface area (Å²) in [7, 11) is 0. The maximum absolute atomic E-state index is 12.7. The van der Waals surface area contributed by atoms with Crippen LogP contribution in [-0.4, -0.2) is 17.9 Å². The van der Waals surface area contributed by atoms with Gasteiger partial charge in [-0.1, -0.05) is 42.5 Å². The van der Waals surface area contributed by atoms with E-state index < -0.39 is 11.8 Å². The highest BCUT2D eigenvalue weighted by Crippen LogP contribution is 2.44. The molecule has 27 heavy (non-hydrogen) atoms. The van der Waals surface area contributed by atoms with Crippen LogP contribution in [0.2, 0.25) is 0 Å². The Hall–Kier alpha value is -3.05. The van der Waals surface area contributed by atoms with E-state index in [1.807, 2.05) is 56.3 Å². The van der Waals surface area contributed by atoms with E-state index in [1.165, 1.54) is 6.26 Å². The highest BCUT2D eigenvalue weighted by molar-refractivity contribution is 5.97. The van der Waals surface area contributed by atoms with Gasteiger partial charge >= 0.3 is 5.97 Å². The molecule has 2 aliphatic heterocycles. The SMILES string of the molecule is Cc1ccc(C2(O)OC(=O)C(C3=COCO3)=C2Cc2ccccc2)cc1C. The Morgan fingerprint density at radius 1 is 1.07 bits per heavy atom. The van der Waals surface area contributed by atoms with Gasteiger partial charge in [-0.2, -0.15) is 0 Å². The lowest BCUT2D eigenvalue weighted by Crippen LogP contribution is -2.30. The molecule has 0 spiro atoms. The fraction of sp³-hybridized carbons (Fsp3) is 0.227. The summed E-state index contributed by atoms with van der Waals surface area (Å²) < 4.78 is 16.0. The Labute approximate surface area is 157 Å². The van der Waals surface area contributed by atoms with Gasteiger partial charge in [0, 0.05) is 17.6 Å². The van der Waals surface area contributed by atoms with Gasteiger partial charge in [-0.3, -0.25) is 0 Å². The summed E-state index contributed by atoms with van der Waals surface area (Å²) in [5.41, 5.74) is 4.22. The molecule has 2 aromatic rings. The molecule has 2 heterocycles. The molecular formula is C22H20O5. The number of esters is 1. The van der Waals surface area contributed by atoms with Crippen LogP contribution in [0.3, 0.4) is 0 Å². The number of cyclic esters (lactones) is 1. The van der Waals surface area contributed by atoms with Crippen LogP contribution < -0.4 is 0 Å². The number of hydrogen-bond acceptors (Lipinski definition) is 5. The summed E-state index contributed by atoms with van der Waals surface area (Å²) in [6.07, 6.45) is 1.72. The summed E-state index contributed by atoms with van der Waals surface area (Å²) >= 11 is 0. The van der Waals surface area contributed by atoms with Gasteiger partial charge in [0.15, 0.2) is 5.76 Å². The maximum Gasteiger partial charge on any atom is 0.345 e. The third-order valence-electron chi connectivity index (χ3n) is 5.00. The van der Waals surface area contributed by atoms with E-state index in [0.717, 1.165) is 16.7 Å². The van der Waals surface area contributed by atoms with Crippen molar-refractivity contribution in [2.45, 2.75) is 26.1 Å². The van der Waals surface area contributed by atoms with Gasteiger partial charge in [0.05, 0.1) is 0 Å². The van der Waals surface area contributed by atoms with Crippen molar-refractivity contribution in [2.24, 2.45) is 0 Å². The smallest absolute Gasteiger partial charge is 0.345 e. The summed E-state index contributed by atoms with van der Waals surface area (Å²) in [4.78, 5) is 12.7. The highest BCUT2D eigenvalue weighted by atomic mass is 16.7. The topological polar surface area (TPSA) is 65.0 Å². The van der Waals surface area contributed by atoms with Crippen LogP contribution in [0.15, 0.2) is 71.7 Å². The predicted octanol–water partition coefficient (Wildman–Crippen LogP) is 3.39. The number of aliphatic hydroxyl groups is 1. The molecule has 0 amide bonds. The highest BCUT2D eigenvalue weighted by Gasteiger charge is 2.49. The Kier molecular flexibility index (Phi) is 4.24. The first-order valence-electron chi connectivity index (χ1n) is 8.75. The van der Waals surface area contributed by atoms with Crippen molar-refractivity contribution in [3.63, 3.8) is 0 Å². The fourth-order valence-corrected chi connectivity index (χ4v) is 3.35. The molecular weight excluding hydrogens is 344 g/mol. The van der Waals surface area contributed by atoms with Crippen molar-refractivity contribution in [1.82, 2.24) is 0 Å². The van der Waals surface area contributed by atoms with E-state index in [0.29, 0.717) is 17.6 Å². The Balaban J connectivity index is 1.87. The van der Waals surface area contributed by atoms with Gasteiger partial charge < -0.3 is 19.3 Å². The second-order valence-electron chi connectivity index (χ2n) is 6.76. The molecule has 2 aliphatic rings. The van der Waals surface area contributed by atoms with Crippen LogP contribution in [0, 0.1) is 13.8 Å². The fourth-order valence-electron chi connectivity index (χ4n) is 3.35. The average molecular weight is 364 g/mol. The van der Waals surface area contributed by atoms with Crippen LogP contribution in [0.25, 0.3) is 0 Å². The molecule has 2 aromatic carbocycles. The summed E-state index contributed by atoms with van der Waals surface area (Å²) in [6.45, 7) is 3.98. The minimum atomic E-state index is -1.85. The Morgan fingerprint density at radius 3 is 2.52 bits per heavy atom. The molecule has 5 nitrogen and oxygen atoms in total. The molecule has 0 aliphatic carbocycles. The lowest BCUT2D eigenvalue weighted by Gasteiger charge is -2.26. The van der Waals surface area contributed by atoms with Crippen molar-refractivity contribution in [3.05, 3.63) is 94.0 Å². The van der Waals surface area contributed by atoms with Crippen LogP contribution in [0.1, 0.15) is 22.3 Å². The molecule has 0 radical (unpaired) electrons. The third kappa shape index (κ3) is 3.00. The monoisotopic (exact) mass is 364 g/mol. The van der Waals surface area contributed by atoms with Crippen molar-refractivity contribution in [1.29, 1.82) is 0 Å². The van der Waals surface area contributed by atoms with Crippen molar-refractivity contribution < 1.29 is 24.1 Å². The quantitative estimate of drug-likeness (QED) is 0.843. The van der Waals surface area contributed by atoms with E-state index >= 15 is 0 Å². The largest absolute Gasteiger partial charge is 0.461 e. The molecule has 0 fully saturated rings. The van der Waals surface area contributed by atoms with E-state index in [1.54, 1.807) is 6.07 Å². The first kappa shape index (κ1) is 17.4. The third-order valence-corrected chi connectivity index (χ3v) is 5.00. The zero-order valence-corrected chi connectivity index (χ0v) is 15.2. The van der Waals surface area contributed by atoms with Crippen LogP contribution in [0.5, 0.6) is 0 Å². The normalized spacial score (nSPS) is 21.6. The molecule has 138 valence electrons. The molecule has 0 bridgehead atoms. The van der Waals surface area contributed by atoms with E-state index in [2.05, 4.69) is 0 Å². The maximum atomic E-state index is 12.7. The molecule has 0 aromatic heterocycles. The molecule has 0 saturated heterocycles. The molecule has 1 atom stereocenters. The molecule has 1 N–H and O–H groups in total. The molecule has 1 unspecified atom stereocenters. The molecule has 0 saturated carbocycles. The standard InChI is InChI=1S/C22H20O5/c1-14-8-9-17(10-15(14)2)22(24)18(11-16-6-4-3-5-7-16)20(21(23)27-22)19-12-25-13-26-19/h3-10,12,24H,11,13H2,1-2H3. The van der Waals surface area contributed by atoms with Crippen molar-refractivity contribution >= 4 is 5.97 Å². The van der Waals surface area contributed by atoms with Gasteiger partial charge in [-0.15, -0.1) is 0 Å². The minimum absolute atomic E-state index is 0.0345. The van der Waals surface area contributed by atoms with E-state index in [4.69, 9.17) is 14.2 Å². The van der Waals surface area contributed by atoms with Crippen molar-refractivity contribution in [2.75, 3.05) is 6.79 Å². The van der Waals surface area contributed by atoms with E-state index in [-0.39, 0.29) is 18.1 Å². The van der Waals surface area contributed by atoms with Gasteiger partial charge in [0.25, 0.3) is 5.79 Å². The second-order valence-corrected chi connectivity index (χ2v) is 6.76. The first-order valence-corrected chi connectivity index (χ1v) is 8.75. The number of aryl methyl sites for hydroxylation is 2. The number of ether oxygens (including phenoxy) is 3. The summed E-state index contributed by atoms with van der Waals surface area (Å²) in [6, 6.07) is 15.2. The van der Waals surface area contributed by atoms with Gasteiger partial charge in [0.2, 0.25) is 6.79 Å². The number of benzene rings is 2. The number of rotatable bonds is 4. The van der Waals surface area contributed by atoms with Crippen LogP contribution in [-0.2, 0) is 31.2 Å². The average Bonchev–Trinajstić information content (AvgIpc) is 3.25. The molecule has 5 heteroatoms. The lowest BCUT2D eigenvalue weighted by atomic mass is 9.88. The lowest BCUT2D eigenvalue weighted by molar-refractivity contribution is -0.186. The van der Waals surface area contributed by atoms with Gasteiger partial charge in [-0.25, -0.2) is 4.79 Å². The Bertz CT molecular complexity index is 958. The van der Waals surface area contributed by atoms with Crippen molar-refractivity contribution in [3.8, 4) is 0 Å². The Morgan fingerprint density at radius 2 is 1.85 bits per heavy atom. The van der Waals surface area contributed by atoms with Crippen LogP contribution in [0.4, 0.5) is 0 Å².